The summed E-state index contributed by atoms with van der Waals surface area (Å²) in [5.41, 5.74) is 1.90. The van der Waals surface area contributed by atoms with Gasteiger partial charge in [0, 0.05) is 5.56 Å². The van der Waals surface area contributed by atoms with E-state index in [0.29, 0.717) is 23.2 Å². The van der Waals surface area contributed by atoms with Crippen molar-refractivity contribution in [3.8, 4) is 28.6 Å². The van der Waals surface area contributed by atoms with Gasteiger partial charge in [0.2, 0.25) is 5.82 Å². The van der Waals surface area contributed by atoms with Gasteiger partial charge in [-0.1, -0.05) is 17.3 Å². The lowest BCUT2D eigenvalue weighted by Crippen LogP contribution is -2.03. The molecule has 3 aromatic rings. The van der Waals surface area contributed by atoms with E-state index in [-0.39, 0.29) is 6.10 Å². The van der Waals surface area contributed by atoms with Gasteiger partial charge in [-0.2, -0.15) is 4.98 Å². The first-order valence-electron chi connectivity index (χ1n) is 7.90. The standard InChI is InChI=1S/C19H20N2O4/c1-12-6-5-7-15(10-12)24-13(2)19-20-18(21-25-19)14-8-9-16(22-3)17(11-14)23-4/h5-11,13H,1-4H3. The number of benzene rings is 2. The summed E-state index contributed by atoms with van der Waals surface area (Å²) in [6.07, 6.45) is -0.358. The highest BCUT2D eigenvalue weighted by molar-refractivity contribution is 5.60. The SMILES string of the molecule is COc1ccc(-c2noc(C(C)Oc3cccc(C)c3)n2)cc1OC. The summed E-state index contributed by atoms with van der Waals surface area (Å²) in [5.74, 6) is 2.89. The molecule has 0 aliphatic rings. The molecule has 130 valence electrons. The Morgan fingerprint density at radius 2 is 1.80 bits per heavy atom. The second-order valence-corrected chi connectivity index (χ2v) is 5.60. The Kier molecular flexibility index (Phi) is 4.88. The van der Waals surface area contributed by atoms with Crippen molar-refractivity contribution in [2.75, 3.05) is 14.2 Å². The average molecular weight is 340 g/mol. The van der Waals surface area contributed by atoms with Gasteiger partial charge in [0.25, 0.3) is 5.89 Å². The van der Waals surface area contributed by atoms with Crippen LogP contribution in [0.2, 0.25) is 0 Å². The van der Waals surface area contributed by atoms with Crippen LogP contribution >= 0.6 is 0 Å². The number of methoxy groups -OCH3 is 2. The van der Waals surface area contributed by atoms with E-state index in [9.17, 15) is 0 Å². The molecule has 6 nitrogen and oxygen atoms in total. The molecule has 0 radical (unpaired) electrons. The van der Waals surface area contributed by atoms with E-state index in [2.05, 4.69) is 10.1 Å². The Morgan fingerprint density at radius 1 is 1.00 bits per heavy atom. The third-order valence-corrected chi connectivity index (χ3v) is 3.73. The topological polar surface area (TPSA) is 66.6 Å². The van der Waals surface area contributed by atoms with Crippen LogP contribution in [0.4, 0.5) is 0 Å². The first-order chi connectivity index (χ1) is 12.1. The van der Waals surface area contributed by atoms with Gasteiger partial charge in [0.05, 0.1) is 14.2 Å². The van der Waals surface area contributed by atoms with Crippen molar-refractivity contribution < 1.29 is 18.7 Å². The molecule has 0 saturated carbocycles. The molecule has 2 aromatic carbocycles. The molecular weight excluding hydrogens is 320 g/mol. The van der Waals surface area contributed by atoms with E-state index in [4.69, 9.17) is 18.7 Å². The van der Waals surface area contributed by atoms with Crippen molar-refractivity contribution in [1.82, 2.24) is 10.1 Å². The van der Waals surface area contributed by atoms with E-state index in [1.54, 1.807) is 26.4 Å². The van der Waals surface area contributed by atoms with Gasteiger partial charge in [0.1, 0.15) is 5.75 Å². The lowest BCUT2D eigenvalue weighted by atomic mass is 10.2. The molecule has 25 heavy (non-hydrogen) atoms. The summed E-state index contributed by atoms with van der Waals surface area (Å²) in [6, 6.07) is 13.3. The summed E-state index contributed by atoms with van der Waals surface area (Å²) in [7, 11) is 3.18. The predicted molar refractivity (Wildman–Crippen MR) is 93.1 cm³/mol. The molecular formula is C19H20N2O4. The number of hydrogen-bond donors (Lipinski definition) is 0. The molecule has 0 bridgehead atoms. The number of rotatable bonds is 6. The van der Waals surface area contributed by atoms with Crippen molar-refractivity contribution in [1.29, 1.82) is 0 Å². The van der Waals surface area contributed by atoms with Crippen molar-refractivity contribution in [2.24, 2.45) is 0 Å². The van der Waals surface area contributed by atoms with E-state index < -0.39 is 0 Å². The minimum absolute atomic E-state index is 0.358. The van der Waals surface area contributed by atoms with Crippen LogP contribution in [0.5, 0.6) is 17.2 Å². The van der Waals surface area contributed by atoms with Crippen LogP contribution in [-0.4, -0.2) is 24.4 Å². The molecule has 1 aromatic heterocycles. The van der Waals surface area contributed by atoms with Gasteiger partial charge < -0.3 is 18.7 Å². The molecule has 6 heteroatoms. The first kappa shape index (κ1) is 16.8. The summed E-state index contributed by atoms with van der Waals surface area (Å²) in [6.45, 7) is 3.88. The van der Waals surface area contributed by atoms with Gasteiger partial charge >= 0.3 is 0 Å². The number of nitrogens with zero attached hydrogens (tertiary/aromatic N) is 2. The third kappa shape index (κ3) is 3.74. The highest BCUT2D eigenvalue weighted by Gasteiger charge is 2.18. The number of hydrogen-bond acceptors (Lipinski definition) is 6. The Labute approximate surface area is 146 Å². The van der Waals surface area contributed by atoms with E-state index >= 15 is 0 Å². The predicted octanol–water partition coefficient (Wildman–Crippen LogP) is 4.20. The summed E-state index contributed by atoms with van der Waals surface area (Å²) >= 11 is 0. The minimum Gasteiger partial charge on any atom is -0.493 e. The van der Waals surface area contributed by atoms with Gasteiger partial charge in [-0.15, -0.1) is 0 Å². The molecule has 0 N–H and O–H groups in total. The lowest BCUT2D eigenvalue weighted by molar-refractivity contribution is 0.175. The molecule has 1 unspecified atom stereocenters. The second-order valence-electron chi connectivity index (χ2n) is 5.60. The number of aryl methyl sites for hydroxylation is 1. The van der Waals surface area contributed by atoms with Crippen LogP contribution in [0.25, 0.3) is 11.4 Å². The summed E-state index contributed by atoms with van der Waals surface area (Å²) in [4.78, 5) is 4.43. The highest BCUT2D eigenvalue weighted by Crippen LogP contribution is 2.31. The fourth-order valence-electron chi connectivity index (χ4n) is 2.44. The molecule has 0 spiro atoms. The van der Waals surface area contributed by atoms with E-state index in [0.717, 1.165) is 16.9 Å². The zero-order valence-electron chi connectivity index (χ0n) is 14.6. The zero-order valence-corrected chi connectivity index (χ0v) is 14.6. The van der Waals surface area contributed by atoms with Crippen LogP contribution in [-0.2, 0) is 0 Å². The summed E-state index contributed by atoms with van der Waals surface area (Å²) in [5, 5.41) is 4.04. The zero-order chi connectivity index (χ0) is 17.8. The van der Waals surface area contributed by atoms with Crippen molar-refractivity contribution in [3.05, 3.63) is 53.9 Å². The maximum atomic E-state index is 5.87. The van der Waals surface area contributed by atoms with Crippen LogP contribution in [0.1, 0.15) is 24.5 Å². The quantitative estimate of drug-likeness (QED) is 0.670. The fourth-order valence-corrected chi connectivity index (χ4v) is 2.44. The second kappa shape index (κ2) is 7.25. The average Bonchev–Trinajstić information content (AvgIpc) is 3.11. The molecule has 1 atom stereocenters. The third-order valence-electron chi connectivity index (χ3n) is 3.73. The lowest BCUT2D eigenvalue weighted by Gasteiger charge is -2.11. The van der Waals surface area contributed by atoms with E-state index in [1.807, 2.05) is 44.2 Å². The molecule has 0 fully saturated rings. The van der Waals surface area contributed by atoms with Crippen LogP contribution in [0.3, 0.4) is 0 Å². The number of aromatic nitrogens is 2. The van der Waals surface area contributed by atoms with E-state index in [1.165, 1.54) is 0 Å². The fraction of sp³-hybridized carbons (Fsp3) is 0.263. The Morgan fingerprint density at radius 3 is 2.52 bits per heavy atom. The molecule has 0 amide bonds. The normalized spacial score (nSPS) is 11.8. The highest BCUT2D eigenvalue weighted by atomic mass is 16.5. The van der Waals surface area contributed by atoms with Gasteiger partial charge in [-0.05, 0) is 49.7 Å². The van der Waals surface area contributed by atoms with Crippen LogP contribution in [0, 0.1) is 6.92 Å². The first-order valence-corrected chi connectivity index (χ1v) is 7.90. The largest absolute Gasteiger partial charge is 0.493 e. The molecule has 1 heterocycles. The monoisotopic (exact) mass is 340 g/mol. The van der Waals surface area contributed by atoms with Gasteiger partial charge in [-0.25, -0.2) is 0 Å². The number of ether oxygens (including phenoxy) is 3. The molecule has 0 aliphatic carbocycles. The summed E-state index contributed by atoms with van der Waals surface area (Å²) < 4.78 is 21.8. The Bertz CT molecular complexity index is 860. The smallest absolute Gasteiger partial charge is 0.267 e. The molecule has 0 saturated heterocycles. The van der Waals surface area contributed by atoms with Gasteiger partial charge in [0.15, 0.2) is 17.6 Å². The van der Waals surface area contributed by atoms with Crippen molar-refractivity contribution >= 4 is 0 Å². The maximum Gasteiger partial charge on any atom is 0.267 e. The molecule has 0 aliphatic heterocycles. The Hall–Kier alpha value is -3.02. The Balaban J connectivity index is 1.80. The maximum absolute atomic E-state index is 5.87. The molecule has 3 rings (SSSR count). The minimum atomic E-state index is -0.358. The van der Waals surface area contributed by atoms with Crippen molar-refractivity contribution in [3.63, 3.8) is 0 Å². The van der Waals surface area contributed by atoms with Crippen molar-refractivity contribution in [2.45, 2.75) is 20.0 Å². The van der Waals surface area contributed by atoms with Gasteiger partial charge in [-0.3, -0.25) is 0 Å². The van der Waals surface area contributed by atoms with Crippen LogP contribution in [0.15, 0.2) is 47.0 Å². The van der Waals surface area contributed by atoms with Crippen LogP contribution < -0.4 is 14.2 Å².